The maximum absolute atomic E-state index is 13.2. The van der Waals surface area contributed by atoms with E-state index in [0.717, 1.165) is 28.1 Å². The fourth-order valence-corrected chi connectivity index (χ4v) is 6.32. The molecule has 5 aromatic rings. The molecule has 2 aliphatic rings. The number of amides is 1. The number of fused-ring (bicyclic) bond motifs is 6. The Labute approximate surface area is 293 Å². The number of aromatic nitrogens is 4. The van der Waals surface area contributed by atoms with Gasteiger partial charge in [0, 0.05) is 28.8 Å². The summed E-state index contributed by atoms with van der Waals surface area (Å²) in [6.07, 6.45) is 10.6. The minimum absolute atomic E-state index is 0.153. The highest BCUT2D eigenvalue weighted by Gasteiger charge is 2.29. The molecule has 11 nitrogen and oxygen atoms in total. The molecule has 2 aliphatic heterocycles. The lowest BCUT2D eigenvalue weighted by Crippen LogP contribution is -2.26. The molecule has 0 saturated carbocycles. The van der Waals surface area contributed by atoms with Crippen molar-refractivity contribution in [3.8, 4) is 23.7 Å². The summed E-state index contributed by atoms with van der Waals surface area (Å²) in [6, 6.07) is 20.6. The van der Waals surface area contributed by atoms with Crippen LogP contribution >= 0.6 is 11.6 Å². The smallest absolute Gasteiger partial charge is 0.358 e. The monoisotopic (exact) mass is 686 g/mol. The zero-order chi connectivity index (χ0) is 34.8. The second-order valence-electron chi connectivity index (χ2n) is 11.9. The van der Waals surface area contributed by atoms with Crippen molar-refractivity contribution in [1.29, 1.82) is 0 Å². The lowest BCUT2D eigenvalue weighted by atomic mass is 9.98. The summed E-state index contributed by atoms with van der Waals surface area (Å²) in [5, 5.41) is 0.443. The minimum atomic E-state index is -0.570. The van der Waals surface area contributed by atoms with Crippen LogP contribution in [0, 0.1) is 12.3 Å². The van der Waals surface area contributed by atoms with Gasteiger partial charge in [-0.15, -0.1) is 6.42 Å². The maximum Gasteiger partial charge on any atom is 0.358 e. The van der Waals surface area contributed by atoms with E-state index in [4.69, 9.17) is 32.5 Å². The predicted molar refractivity (Wildman–Crippen MR) is 186 cm³/mol. The molecular weight excluding hydrogens is 656 g/mol. The van der Waals surface area contributed by atoms with E-state index in [1.807, 2.05) is 53.1 Å². The van der Waals surface area contributed by atoms with Crippen LogP contribution in [0.4, 0.5) is 0 Å². The Morgan fingerprint density at radius 3 is 2.18 bits per heavy atom. The van der Waals surface area contributed by atoms with Crippen LogP contribution in [-0.2, 0) is 22.6 Å². The summed E-state index contributed by atoms with van der Waals surface area (Å²) in [5.74, 6) is 1.39. The quantitative estimate of drug-likeness (QED) is 0.109. The first-order valence-corrected chi connectivity index (χ1v) is 16.4. The Bertz CT molecular complexity index is 2210. The number of aliphatic imine (C=N–C) groups is 1. The summed E-state index contributed by atoms with van der Waals surface area (Å²) >= 11 is 6.14. The second-order valence-corrected chi connectivity index (χ2v) is 12.3. The highest BCUT2D eigenvalue weighted by molar-refractivity contribution is 6.31. The van der Waals surface area contributed by atoms with Crippen LogP contribution in [0.25, 0.3) is 11.4 Å². The highest BCUT2D eigenvalue weighted by atomic mass is 35.5. The van der Waals surface area contributed by atoms with Crippen molar-refractivity contribution < 1.29 is 23.9 Å². The molecule has 0 fully saturated rings. The number of benzene rings is 3. The number of ether oxygens (including phenoxy) is 2. The number of carbonyl (C=O) groups is 3. The van der Waals surface area contributed by atoms with Crippen LogP contribution in [0.3, 0.4) is 0 Å². The van der Waals surface area contributed by atoms with Crippen molar-refractivity contribution >= 4 is 35.2 Å². The summed E-state index contributed by atoms with van der Waals surface area (Å²) in [4.78, 5) is 54.2. The van der Waals surface area contributed by atoms with Crippen LogP contribution in [0.2, 0.25) is 5.02 Å². The van der Waals surface area contributed by atoms with Gasteiger partial charge in [0.25, 0.3) is 5.91 Å². The standard InChI is InChI=1S/C38H31ClN6O5/c1-3-24-12-14-29-27(18-24)33(25-10-6-4-7-11-25)40-20-31-34(41-22-44(29)31)37(47)49-16-8-5-9-17-50-38(48)35-32-21-43(2)36(46)28-19-26(39)13-15-30(28)45(32)23-42-35/h1,4,6-7,10-15,18-19,22-23H,5,8-9,16-17,20-21H2,2H3. The van der Waals surface area contributed by atoms with E-state index < -0.39 is 11.9 Å². The fraction of sp³-hybridized carbons (Fsp3) is 0.211. The largest absolute Gasteiger partial charge is 0.461 e. The van der Waals surface area contributed by atoms with E-state index in [9.17, 15) is 14.4 Å². The Balaban J connectivity index is 0.940. The normalized spacial score (nSPS) is 13.1. The van der Waals surface area contributed by atoms with E-state index in [0.29, 0.717) is 46.9 Å². The van der Waals surface area contributed by atoms with Crippen molar-refractivity contribution in [2.45, 2.75) is 32.4 Å². The first-order valence-electron chi connectivity index (χ1n) is 16.1. The number of terminal acetylenes is 1. The number of hydrogen-bond donors (Lipinski definition) is 0. The molecule has 0 bridgehead atoms. The van der Waals surface area contributed by atoms with Gasteiger partial charge in [-0.05, 0) is 55.7 Å². The number of carbonyl (C=O) groups excluding carboxylic acids is 3. The molecule has 0 saturated heterocycles. The van der Waals surface area contributed by atoms with Gasteiger partial charge in [0.15, 0.2) is 11.4 Å². The summed E-state index contributed by atoms with van der Waals surface area (Å²) < 4.78 is 14.7. The number of imidazole rings is 2. The van der Waals surface area contributed by atoms with E-state index in [1.54, 1.807) is 36.1 Å². The molecule has 4 heterocycles. The molecule has 7 rings (SSSR count). The molecule has 12 heteroatoms. The Hall–Kier alpha value is -5.99. The van der Waals surface area contributed by atoms with Gasteiger partial charge < -0.3 is 14.4 Å². The van der Waals surface area contributed by atoms with Crippen molar-refractivity contribution in [3.05, 3.63) is 129 Å². The Morgan fingerprint density at radius 2 is 1.48 bits per heavy atom. The zero-order valence-corrected chi connectivity index (χ0v) is 27.9. The zero-order valence-electron chi connectivity index (χ0n) is 27.1. The van der Waals surface area contributed by atoms with Gasteiger partial charge >= 0.3 is 11.9 Å². The van der Waals surface area contributed by atoms with Gasteiger partial charge in [-0.3, -0.25) is 18.9 Å². The Morgan fingerprint density at radius 1 is 0.840 bits per heavy atom. The molecule has 50 heavy (non-hydrogen) atoms. The number of hydrogen-bond acceptors (Lipinski definition) is 8. The molecule has 250 valence electrons. The van der Waals surface area contributed by atoms with Crippen molar-refractivity contribution in [2.75, 3.05) is 20.3 Å². The number of halogens is 1. The molecular formula is C38H31ClN6O5. The first-order chi connectivity index (χ1) is 24.3. The van der Waals surface area contributed by atoms with E-state index in [1.165, 1.54) is 11.2 Å². The number of nitrogens with zero attached hydrogens (tertiary/aromatic N) is 6. The van der Waals surface area contributed by atoms with Gasteiger partial charge in [0.1, 0.15) is 12.7 Å². The predicted octanol–water partition coefficient (Wildman–Crippen LogP) is 5.81. The topological polar surface area (TPSA) is 121 Å². The van der Waals surface area contributed by atoms with E-state index in [-0.39, 0.29) is 43.6 Å². The molecule has 3 aromatic carbocycles. The molecule has 0 unspecified atom stereocenters. The second kappa shape index (κ2) is 13.9. The van der Waals surface area contributed by atoms with Crippen LogP contribution in [-0.4, -0.2) is 67.8 Å². The van der Waals surface area contributed by atoms with Gasteiger partial charge in [-0.25, -0.2) is 19.6 Å². The molecule has 0 atom stereocenters. The SMILES string of the molecule is C#Cc1ccc2c(c1)C(c1ccccc1)=NCc1c(C(=O)OCCCCCOC(=O)c3ncn4c3CN(C)C(=O)c3cc(Cl)ccc3-4)ncn1-2. The minimum Gasteiger partial charge on any atom is -0.461 e. The molecule has 0 N–H and O–H groups in total. The van der Waals surface area contributed by atoms with Gasteiger partial charge in [-0.2, -0.15) is 0 Å². The highest BCUT2D eigenvalue weighted by Crippen LogP contribution is 2.29. The molecule has 1 amide bonds. The average Bonchev–Trinajstić information content (AvgIpc) is 3.69. The van der Waals surface area contributed by atoms with Crippen LogP contribution in [0.5, 0.6) is 0 Å². The lowest BCUT2D eigenvalue weighted by Gasteiger charge is -2.14. The number of unbranched alkanes of at least 4 members (excludes halogenated alkanes) is 2. The van der Waals surface area contributed by atoms with Crippen molar-refractivity contribution in [1.82, 2.24) is 24.0 Å². The third kappa shape index (κ3) is 6.17. The first kappa shape index (κ1) is 32.6. The van der Waals surface area contributed by atoms with Crippen molar-refractivity contribution in [3.63, 3.8) is 0 Å². The van der Waals surface area contributed by atoms with E-state index >= 15 is 0 Å². The number of esters is 2. The maximum atomic E-state index is 13.2. The third-order valence-electron chi connectivity index (χ3n) is 8.67. The Kier molecular flexibility index (Phi) is 9.02. The lowest BCUT2D eigenvalue weighted by molar-refractivity contribution is 0.0468. The summed E-state index contributed by atoms with van der Waals surface area (Å²) in [5.41, 5.74) is 6.69. The average molecular weight is 687 g/mol. The van der Waals surface area contributed by atoms with Crippen molar-refractivity contribution in [2.24, 2.45) is 4.99 Å². The molecule has 0 aliphatic carbocycles. The van der Waals surface area contributed by atoms with Crippen LogP contribution in [0.1, 0.15) is 78.7 Å². The fourth-order valence-electron chi connectivity index (χ4n) is 6.15. The molecule has 2 aromatic heterocycles. The molecule has 0 spiro atoms. The van der Waals surface area contributed by atoms with Crippen LogP contribution < -0.4 is 0 Å². The van der Waals surface area contributed by atoms with Crippen LogP contribution in [0.15, 0.2) is 84.4 Å². The molecule has 0 radical (unpaired) electrons. The third-order valence-corrected chi connectivity index (χ3v) is 8.90. The summed E-state index contributed by atoms with van der Waals surface area (Å²) in [7, 11) is 1.66. The van der Waals surface area contributed by atoms with Gasteiger partial charge in [0.2, 0.25) is 0 Å². The number of rotatable bonds is 9. The summed E-state index contributed by atoms with van der Waals surface area (Å²) in [6.45, 7) is 0.753. The van der Waals surface area contributed by atoms with Gasteiger partial charge in [-0.1, -0.05) is 47.9 Å². The van der Waals surface area contributed by atoms with Gasteiger partial charge in [0.05, 0.1) is 60.3 Å². The van der Waals surface area contributed by atoms with E-state index in [2.05, 4.69) is 15.9 Å².